The third kappa shape index (κ3) is 2.87. The van der Waals surface area contributed by atoms with Gasteiger partial charge in [0, 0.05) is 42.0 Å². The Morgan fingerprint density at radius 3 is 2.43 bits per heavy atom. The highest BCUT2D eigenvalue weighted by molar-refractivity contribution is 9.10. The van der Waals surface area contributed by atoms with Crippen molar-refractivity contribution in [1.29, 1.82) is 0 Å². The molecule has 0 N–H and O–H groups in total. The second kappa shape index (κ2) is 5.67. The summed E-state index contributed by atoms with van der Waals surface area (Å²) in [5, 5.41) is 0.908. The van der Waals surface area contributed by atoms with Crippen LogP contribution in [0.15, 0.2) is 33.2 Å². The van der Waals surface area contributed by atoms with E-state index >= 15 is 0 Å². The largest absolute Gasteiger partial charge is 0.451 e. The van der Waals surface area contributed by atoms with Gasteiger partial charge < -0.3 is 14.2 Å². The average molecular weight is 377 g/mol. The van der Waals surface area contributed by atoms with Crippen LogP contribution >= 0.6 is 15.9 Å². The highest BCUT2D eigenvalue weighted by Crippen LogP contribution is 2.31. The van der Waals surface area contributed by atoms with Gasteiger partial charge in [-0.05, 0) is 37.1 Å². The molecule has 0 unspecified atom stereocenters. The zero-order valence-electron chi connectivity index (χ0n) is 12.6. The van der Waals surface area contributed by atoms with E-state index in [1.165, 1.54) is 0 Å². The lowest BCUT2D eigenvalue weighted by Gasteiger charge is -2.34. The summed E-state index contributed by atoms with van der Waals surface area (Å²) in [5.74, 6) is 0.757. The van der Waals surface area contributed by atoms with E-state index < -0.39 is 0 Å². The zero-order valence-corrected chi connectivity index (χ0v) is 14.2. The molecule has 1 aromatic heterocycles. The normalized spacial score (nSPS) is 18.5. The lowest BCUT2D eigenvalue weighted by molar-refractivity contribution is -0.134. The molecule has 1 aliphatic heterocycles. The number of halogens is 1. The van der Waals surface area contributed by atoms with Gasteiger partial charge in [0.25, 0.3) is 5.91 Å². The van der Waals surface area contributed by atoms with Crippen LogP contribution in [0.3, 0.4) is 0 Å². The number of fused-ring (bicyclic) bond motifs is 1. The van der Waals surface area contributed by atoms with Gasteiger partial charge in [-0.15, -0.1) is 0 Å². The number of rotatable bonds is 2. The maximum atomic E-state index is 12.6. The van der Waals surface area contributed by atoms with Crippen LogP contribution < -0.4 is 0 Å². The zero-order chi connectivity index (χ0) is 16.0. The Balaban J connectivity index is 1.45. The Hall–Kier alpha value is -1.82. The van der Waals surface area contributed by atoms with Crippen LogP contribution in [0.25, 0.3) is 11.0 Å². The standard InChI is InChI=1S/C17H17BrN2O3/c18-13-3-4-14-12(9-13)10-15(23-14)17(22)20-7-5-19(6-8-20)16(21)11-1-2-11/h3-4,9-11H,1-2,5-8H2. The Morgan fingerprint density at radius 1 is 1.04 bits per heavy atom. The van der Waals surface area contributed by atoms with Crippen LogP contribution in [0.2, 0.25) is 0 Å². The Bertz CT molecular complexity index is 773. The first kappa shape index (κ1) is 14.8. The van der Waals surface area contributed by atoms with E-state index in [4.69, 9.17) is 4.42 Å². The van der Waals surface area contributed by atoms with E-state index in [1.807, 2.05) is 23.1 Å². The van der Waals surface area contributed by atoms with Crippen molar-refractivity contribution >= 4 is 38.7 Å². The number of nitrogens with zero attached hydrogens (tertiary/aromatic N) is 2. The molecule has 1 aromatic carbocycles. The number of hydrogen-bond donors (Lipinski definition) is 0. The second-order valence-electron chi connectivity index (χ2n) is 6.18. The fraction of sp³-hybridized carbons (Fsp3) is 0.412. The number of carbonyl (C=O) groups excluding carboxylic acids is 2. The van der Waals surface area contributed by atoms with Gasteiger partial charge in [0.15, 0.2) is 5.76 Å². The van der Waals surface area contributed by atoms with Crippen LogP contribution in [-0.4, -0.2) is 47.8 Å². The number of benzene rings is 1. The summed E-state index contributed by atoms with van der Waals surface area (Å²) in [6, 6.07) is 7.46. The predicted molar refractivity (Wildman–Crippen MR) is 89.1 cm³/mol. The van der Waals surface area contributed by atoms with Crippen molar-refractivity contribution in [3.63, 3.8) is 0 Å². The third-order valence-electron chi connectivity index (χ3n) is 4.49. The first-order chi connectivity index (χ1) is 11.1. The SMILES string of the molecule is O=C(c1cc2cc(Br)ccc2o1)N1CCN(C(=O)C2CC2)CC1. The molecule has 120 valence electrons. The third-order valence-corrected chi connectivity index (χ3v) is 4.99. The molecule has 2 aliphatic rings. The first-order valence-electron chi connectivity index (χ1n) is 7.89. The van der Waals surface area contributed by atoms with Crippen LogP contribution in [0, 0.1) is 5.92 Å². The van der Waals surface area contributed by atoms with Crippen molar-refractivity contribution in [3.05, 3.63) is 34.5 Å². The van der Waals surface area contributed by atoms with Gasteiger partial charge >= 0.3 is 0 Å². The molecular weight excluding hydrogens is 360 g/mol. The van der Waals surface area contributed by atoms with Gasteiger partial charge in [0.1, 0.15) is 5.58 Å². The molecule has 1 saturated heterocycles. The molecule has 2 amide bonds. The van der Waals surface area contributed by atoms with Crippen LogP contribution in [0.1, 0.15) is 23.4 Å². The molecule has 0 spiro atoms. The number of hydrogen-bond acceptors (Lipinski definition) is 3. The molecule has 4 rings (SSSR count). The number of piperazine rings is 1. The smallest absolute Gasteiger partial charge is 0.289 e. The van der Waals surface area contributed by atoms with Crippen molar-refractivity contribution in [3.8, 4) is 0 Å². The first-order valence-corrected chi connectivity index (χ1v) is 8.68. The van der Waals surface area contributed by atoms with Gasteiger partial charge in [-0.3, -0.25) is 9.59 Å². The van der Waals surface area contributed by atoms with Gasteiger partial charge in [0.2, 0.25) is 5.91 Å². The molecule has 5 nitrogen and oxygen atoms in total. The summed E-state index contributed by atoms with van der Waals surface area (Å²) in [7, 11) is 0. The number of carbonyl (C=O) groups is 2. The highest BCUT2D eigenvalue weighted by Gasteiger charge is 2.35. The molecular formula is C17H17BrN2O3. The second-order valence-corrected chi connectivity index (χ2v) is 7.10. The van der Waals surface area contributed by atoms with Gasteiger partial charge in [0.05, 0.1) is 0 Å². The molecule has 2 aromatic rings. The van der Waals surface area contributed by atoms with Crippen LogP contribution in [0.4, 0.5) is 0 Å². The van der Waals surface area contributed by atoms with Crippen LogP contribution in [-0.2, 0) is 4.79 Å². The molecule has 0 bridgehead atoms. The summed E-state index contributed by atoms with van der Waals surface area (Å²) >= 11 is 3.42. The van der Waals surface area contributed by atoms with Gasteiger partial charge in [-0.1, -0.05) is 15.9 Å². The molecule has 1 aliphatic carbocycles. The summed E-state index contributed by atoms with van der Waals surface area (Å²) in [4.78, 5) is 28.3. The minimum Gasteiger partial charge on any atom is -0.451 e. The van der Waals surface area contributed by atoms with Crippen molar-refractivity contribution in [2.45, 2.75) is 12.8 Å². The van der Waals surface area contributed by atoms with E-state index in [0.29, 0.717) is 37.5 Å². The quantitative estimate of drug-likeness (QED) is 0.809. The summed E-state index contributed by atoms with van der Waals surface area (Å²) < 4.78 is 6.62. The maximum absolute atomic E-state index is 12.6. The Kier molecular flexibility index (Phi) is 3.64. The van der Waals surface area contributed by atoms with E-state index in [0.717, 1.165) is 22.7 Å². The van der Waals surface area contributed by atoms with Crippen molar-refractivity contribution in [2.75, 3.05) is 26.2 Å². The summed E-state index contributed by atoms with van der Waals surface area (Å²) in [6.07, 6.45) is 2.04. The topological polar surface area (TPSA) is 53.8 Å². The summed E-state index contributed by atoms with van der Waals surface area (Å²) in [5.41, 5.74) is 0.707. The molecule has 2 fully saturated rings. The Morgan fingerprint density at radius 2 is 1.74 bits per heavy atom. The average Bonchev–Trinajstić information content (AvgIpc) is 3.33. The number of furan rings is 1. The van der Waals surface area contributed by atoms with E-state index in [1.54, 1.807) is 11.0 Å². The van der Waals surface area contributed by atoms with Crippen molar-refractivity contribution in [2.24, 2.45) is 5.92 Å². The van der Waals surface area contributed by atoms with Crippen molar-refractivity contribution < 1.29 is 14.0 Å². The van der Waals surface area contributed by atoms with Gasteiger partial charge in [-0.25, -0.2) is 0 Å². The lowest BCUT2D eigenvalue weighted by Crippen LogP contribution is -2.51. The van der Waals surface area contributed by atoms with E-state index in [9.17, 15) is 9.59 Å². The number of amides is 2. The minimum absolute atomic E-state index is 0.101. The maximum Gasteiger partial charge on any atom is 0.289 e. The van der Waals surface area contributed by atoms with Crippen LogP contribution in [0.5, 0.6) is 0 Å². The van der Waals surface area contributed by atoms with Gasteiger partial charge in [-0.2, -0.15) is 0 Å². The molecule has 2 heterocycles. The minimum atomic E-state index is -0.101. The highest BCUT2D eigenvalue weighted by atomic mass is 79.9. The van der Waals surface area contributed by atoms with E-state index in [-0.39, 0.29) is 17.7 Å². The molecule has 0 radical (unpaired) electrons. The predicted octanol–water partition coefficient (Wildman–Crippen LogP) is 2.89. The molecule has 0 atom stereocenters. The fourth-order valence-corrected chi connectivity index (χ4v) is 3.37. The van der Waals surface area contributed by atoms with Crippen molar-refractivity contribution in [1.82, 2.24) is 9.80 Å². The lowest BCUT2D eigenvalue weighted by atomic mass is 10.2. The Labute approximate surface area is 142 Å². The van der Waals surface area contributed by atoms with E-state index in [2.05, 4.69) is 15.9 Å². The molecule has 6 heteroatoms. The monoisotopic (exact) mass is 376 g/mol. The fourth-order valence-electron chi connectivity index (χ4n) is 2.99. The summed E-state index contributed by atoms with van der Waals surface area (Å²) in [6.45, 7) is 2.37. The molecule has 1 saturated carbocycles. The molecule has 23 heavy (non-hydrogen) atoms.